The van der Waals surface area contributed by atoms with Crippen LogP contribution in [0, 0.1) is 10.1 Å². The molecule has 2 aromatic heterocycles. The molecule has 0 saturated heterocycles. The topological polar surface area (TPSA) is 90.8 Å². The number of hydrogen-bond acceptors (Lipinski definition) is 5. The molecule has 2 heterocycles. The molecule has 0 aromatic carbocycles. The standard InChI is InChI=1S/C8H10N6O2/c1-12-5-9-7(14(15)16)8(12)11-6-3-10-13(2)4-6/h3-5,11H,1-2H3. The molecule has 8 heteroatoms. The van der Waals surface area contributed by atoms with E-state index in [0.29, 0.717) is 11.5 Å². The van der Waals surface area contributed by atoms with Gasteiger partial charge in [-0.3, -0.25) is 9.25 Å². The van der Waals surface area contributed by atoms with Crippen LogP contribution in [0.2, 0.25) is 0 Å². The molecule has 0 amide bonds. The summed E-state index contributed by atoms with van der Waals surface area (Å²) in [6, 6.07) is 0. The number of hydrogen-bond donors (Lipinski definition) is 1. The van der Waals surface area contributed by atoms with Crippen molar-refractivity contribution in [2.75, 3.05) is 5.32 Å². The Balaban J connectivity index is 2.33. The van der Waals surface area contributed by atoms with Gasteiger partial charge in [0, 0.05) is 20.3 Å². The van der Waals surface area contributed by atoms with Crippen molar-refractivity contribution in [3.05, 3.63) is 28.8 Å². The van der Waals surface area contributed by atoms with E-state index in [-0.39, 0.29) is 5.82 Å². The number of nitro groups is 1. The molecular weight excluding hydrogens is 212 g/mol. The van der Waals surface area contributed by atoms with E-state index in [1.807, 2.05) is 0 Å². The number of nitrogens with one attached hydrogen (secondary N) is 1. The number of nitrogens with zero attached hydrogens (tertiary/aromatic N) is 5. The average molecular weight is 222 g/mol. The summed E-state index contributed by atoms with van der Waals surface area (Å²) in [5, 5.41) is 17.6. The Morgan fingerprint density at radius 3 is 2.81 bits per heavy atom. The van der Waals surface area contributed by atoms with Crippen LogP contribution >= 0.6 is 0 Å². The van der Waals surface area contributed by atoms with Crippen LogP contribution in [0.5, 0.6) is 0 Å². The first-order chi connectivity index (χ1) is 7.58. The van der Waals surface area contributed by atoms with Crippen molar-refractivity contribution in [1.29, 1.82) is 0 Å². The Labute approximate surface area is 90.7 Å². The zero-order valence-corrected chi connectivity index (χ0v) is 8.78. The van der Waals surface area contributed by atoms with Gasteiger partial charge in [-0.1, -0.05) is 0 Å². The molecular formula is C8H10N6O2. The van der Waals surface area contributed by atoms with Crippen LogP contribution in [0.1, 0.15) is 0 Å². The fraction of sp³-hybridized carbons (Fsp3) is 0.250. The van der Waals surface area contributed by atoms with Gasteiger partial charge in [-0.05, 0) is 9.91 Å². The number of rotatable bonds is 3. The molecule has 0 unspecified atom stereocenters. The first kappa shape index (κ1) is 10.1. The maximum Gasteiger partial charge on any atom is 0.406 e. The van der Waals surface area contributed by atoms with E-state index < -0.39 is 4.92 Å². The van der Waals surface area contributed by atoms with E-state index in [2.05, 4.69) is 15.4 Å². The zero-order valence-electron chi connectivity index (χ0n) is 8.78. The smallest absolute Gasteiger partial charge is 0.358 e. The van der Waals surface area contributed by atoms with Gasteiger partial charge in [-0.15, -0.1) is 0 Å². The predicted octanol–water partition coefficient (Wildman–Crippen LogP) is 0.805. The molecule has 0 aliphatic rings. The lowest BCUT2D eigenvalue weighted by Gasteiger charge is -2.02. The highest BCUT2D eigenvalue weighted by atomic mass is 16.6. The van der Waals surface area contributed by atoms with Crippen LogP contribution < -0.4 is 5.32 Å². The van der Waals surface area contributed by atoms with Crippen LogP contribution in [-0.2, 0) is 14.1 Å². The minimum absolute atomic E-state index is 0.202. The van der Waals surface area contributed by atoms with Gasteiger partial charge in [-0.2, -0.15) is 5.10 Å². The fourth-order valence-electron chi connectivity index (χ4n) is 1.32. The van der Waals surface area contributed by atoms with Crippen molar-refractivity contribution in [3.63, 3.8) is 0 Å². The van der Waals surface area contributed by atoms with Crippen LogP contribution in [0.25, 0.3) is 0 Å². The SMILES string of the molecule is Cn1cc(Nc2c([N+](=O)[O-])ncn2C)cn1. The number of imidazole rings is 1. The Kier molecular flexibility index (Phi) is 2.31. The lowest BCUT2D eigenvalue weighted by atomic mass is 10.5. The molecule has 1 N–H and O–H groups in total. The minimum Gasteiger partial charge on any atom is -0.358 e. The molecule has 2 rings (SSSR count). The van der Waals surface area contributed by atoms with Gasteiger partial charge in [0.25, 0.3) is 0 Å². The predicted molar refractivity (Wildman–Crippen MR) is 56.4 cm³/mol. The van der Waals surface area contributed by atoms with Crippen LogP contribution in [0.3, 0.4) is 0 Å². The molecule has 2 aromatic rings. The summed E-state index contributed by atoms with van der Waals surface area (Å²) in [6.07, 6.45) is 4.68. The second-order valence-electron chi connectivity index (χ2n) is 3.31. The summed E-state index contributed by atoms with van der Waals surface area (Å²) in [5.74, 6) is 0.129. The Bertz CT molecular complexity index is 528. The highest BCUT2D eigenvalue weighted by Crippen LogP contribution is 2.24. The first-order valence-electron chi connectivity index (χ1n) is 4.49. The summed E-state index contributed by atoms with van der Waals surface area (Å²) in [6.45, 7) is 0. The van der Waals surface area contributed by atoms with Gasteiger partial charge in [0.2, 0.25) is 12.1 Å². The van der Waals surface area contributed by atoms with E-state index in [9.17, 15) is 10.1 Å². The molecule has 0 bridgehead atoms. The normalized spacial score (nSPS) is 10.4. The Morgan fingerprint density at radius 1 is 1.50 bits per heavy atom. The molecule has 0 saturated carbocycles. The second-order valence-corrected chi connectivity index (χ2v) is 3.31. The van der Waals surface area contributed by atoms with Crippen molar-refractivity contribution in [3.8, 4) is 0 Å². The highest BCUT2D eigenvalue weighted by Gasteiger charge is 2.20. The second kappa shape index (κ2) is 3.65. The molecule has 16 heavy (non-hydrogen) atoms. The lowest BCUT2D eigenvalue weighted by Crippen LogP contribution is -1.99. The van der Waals surface area contributed by atoms with Crippen molar-refractivity contribution < 1.29 is 4.92 Å². The van der Waals surface area contributed by atoms with Gasteiger partial charge < -0.3 is 15.4 Å². The van der Waals surface area contributed by atoms with Crippen LogP contribution in [-0.4, -0.2) is 24.3 Å². The summed E-state index contributed by atoms with van der Waals surface area (Å²) < 4.78 is 3.15. The van der Waals surface area contributed by atoms with Gasteiger partial charge in [0.1, 0.15) is 0 Å². The molecule has 0 spiro atoms. The maximum absolute atomic E-state index is 10.7. The minimum atomic E-state index is -0.529. The summed E-state index contributed by atoms with van der Waals surface area (Å²) in [5.41, 5.74) is 0.675. The molecule has 0 fully saturated rings. The van der Waals surface area contributed by atoms with Crippen molar-refractivity contribution in [1.82, 2.24) is 19.3 Å². The van der Waals surface area contributed by atoms with Gasteiger partial charge in [0.15, 0.2) is 0 Å². The summed E-state index contributed by atoms with van der Waals surface area (Å²) >= 11 is 0. The monoisotopic (exact) mass is 222 g/mol. The third-order valence-electron chi connectivity index (χ3n) is 2.06. The van der Waals surface area contributed by atoms with E-state index in [1.54, 1.807) is 35.7 Å². The molecule has 0 aliphatic heterocycles. The van der Waals surface area contributed by atoms with Crippen molar-refractivity contribution >= 4 is 17.3 Å². The number of anilines is 2. The van der Waals surface area contributed by atoms with E-state index >= 15 is 0 Å². The van der Waals surface area contributed by atoms with Crippen molar-refractivity contribution in [2.24, 2.45) is 14.1 Å². The van der Waals surface area contributed by atoms with E-state index in [4.69, 9.17) is 0 Å². The summed E-state index contributed by atoms with van der Waals surface area (Å²) in [4.78, 5) is 13.9. The Morgan fingerprint density at radius 2 is 2.25 bits per heavy atom. The fourth-order valence-corrected chi connectivity index (χ4v) is 1.32. The maximum atomic E-state index is 10.7. The summed E-state index contributed by atoms with van der Waals surface area (Å²) in [7, 11) is 3.45. The average Bonchev–Trinajstić information content (AvgIpc) is 2.76. The largest absolute Gasteiger partial charge is 0.406 e. The molecule has 0 radical (unpaired) electrons. The van der Waals surface area contributed by atoms with Gasteiger partial charge in [-0.25, -0.2) is 0 Å². The van der Waals surface area contributed by atoms with Crippen LogP contribution in [0.4, 0.5) is 17.3 Å². The molecule has 0 atom stereocenters. The third-order valence-corrected chi connectivity index (χ3v) is 2.06. The van der Waals surface area contributed by atoms with Gasteiger partial charge >= 0.3 is 5.82 Å². The van der Waals surface area contributed by atoms with E-state index in [1.165, 1.54) is 6.33 Å². The molecule has 0 aliphatic carbocycles. The number of aromatic nitrogens is 4. The molecule has 8 nitrogen and oxygen atoms in total. The zero-order chi connectivity index (χ0) is 11.7. The van der Waals surface area contributed by atoms with Gasteiger partial charge in [0.05, 0.1) is 11.9 Å². The van der Waals surface area contributed by atoms with E-state index in [0.717, 1.165) is 0 Å². The third kappa shape index (κ3) is 1.72. The number of aryl methyl sites for hydroxylation is 2. The quantitative estimate of drug-likeness (QED) is 0.612. The highest BCUT2D eigenvalue weighted by molar-refractivity contribution is 5.62. The Hall–Kier alpha value is -2.38. The van der Waals surface area contributed by atoms with Crippen molar-refractivity contribution in [2.45, 2.75) is 0 Å². The lowest BCUT2D eigenvalue weighted by molar-refractivity contribution is -0.388. The first-order valence-corrected chi connectivity index (χ1v) is 4.49. The molecule has 84 valence electrons. The van der Waals surface area contributed by atoms with Crippen LogP contribution in [0.15, 0.2) is 18.7 Å².